The van der Waals surface area contributed by atoms with Gasteiger partial charge in [-0.15, -0.1) is 0 Å². The molecule has 1 fully saturated rings. The normalized spacial score (nSPS) is 18.0. The number of carbonyl (C=O) groups excluding carboxylic acids is 1. The summed E-state index contributed by atoms with van der Waals surface area (Å²) >= 11 is 0. The number of rotatable bonds is 5. The van der Waals surface area contributed by atoms with Gasteiger partial charge in [-0.05, 0) is 32.8 Å². The Bertz CT molecular complexity index is 777. The minimum atomic E-state index is -0.249. The number of aryl methyl sites for hydroxylation is 1. The van der Waals surface area contributed by atoms with Crippen molar-refractivity contribution in [3.63, 3.8) is 0 Å². The molecule has 2 atom stereocenters. The fraction of sp³-hybridized carbons (Fsp3) is 0.450. The van der Waals surface area contributed by atoms with Crippen LogP contribution in [0, 0.1) is 13.8 Å². The molecule has 2 N–H and O–H groups in total. The number of hydrogen-bond donors (Lipinski definition) is 2. The van der Waals surface area contributed by atoms with E-state index in [-0.39, 0.29) is 11.7 Å². The largest absolute Gasteiger partial charge is 0.355 e. The predicted molar refractivity (Wildman–Crippen MR) is 104 cm³/mol. The van der Waals surface area contributed by atoms with Crippen molar-refractivity contribution >= 4 is 11.7 Å². The van der Waals surface area contributed by atoms with Gasteiger partial charge in [0.1, 0.15) is 5.82 Å². The molecule has 3 rings (SSSR count). The van der Waals surface area contributed by atoms with Crippen molar-refractivity contribution in [3.05, 3.63) is 53.0 Å². The topological polar surface area (TPSA) is 70.2 Å². The molecule has 0 spiro atoms. The van der Waals surface area contributed by atoms with Crippen LogP contribution >= 0.6 is 0 Å². The second kappa shape index (κ2) is 7.83. The van der Waals surface area contributed by atoms with Crippen molar-refractivity contribution in [1.82, 2.24) is 20.6 Å². The molecule has 1 aromatic heterocycles. The molecule has 0 radical (unpaired) electrons. The number of nitrogens with zero attached hydrogens (tertiary/aromatic N) is 3. The Morgan fingerprint density at radius 1 is 1.23 bits per heavy atom. The number of carbonyl (C=O) groups is 1. The van der Waals surface area contributed by atoms with Gasteiger partial charge in [-0.25, -0.2) is 9.97 Å². The van der Waals surface area contributed by atoms with Crippen molar-refractivity contribution < 1.29 is 4.79 Å². The Morgan fingerprint density at radius 2 is 1.96 bits per heavy atom. The number of anilines is 1. The zero-order valence-corrected chi connectivity index (χ0v) is 15.9. The number of hydrogen-bond acceptors (Lipinski definition) is 5. The van der Waals surface area contributed by atoms with E-state index in [2.05, 4.69) is 56.7 Å². The lowest BCUT2D eigenvalue weighted by atomic mass is 10.1. The van der Waals surface area contributed by atoms with Gasteiger partial charge in [-0.2, -0.15) is 0 Å². The molecule has 2 heterocycles. The zero-order chi connectivity index (χ0) is 18.7. The molecule has 1 aliphatic rings. The van der Waals surface area contributed by atoms with Gasteiger partial charge in [0.05, 0.1) is 0 Å². The molecule has 1 amide bonds. The molecule has 1 aliphatic heterocycles. The molecule has 1 saturated heterocycles. The minimum Gasteiger partial charge on any atom is -0.355 e. The highest BCUT2D eigenvalue weighted by Crippen LogP contribution is 2.25. The summed E-state index contributed by atoms with van der Waals surface area (Å²) in [7, 11) is 1.60. The summed E-state index contributed by atoms with van der Waals surface area (Å²) in [6.07, 6.45) is 1.05. The van der Waals surface area contributed by atoms with Crippen molar-refractivity contribution in [2.75, 3.05) is 25.0 Å². The molecule has 26 heavy (non-hydrogen) atoms. The van der Waals surface area contributed by atoms with Gasteiger partial charge >= 0.3 is 0 Å². The first kappa shape index (κ1) is 18.3. The van der Waals surface area contributed by atoms with Crippen molar-refractivity contribution in [2.24, 2.45) is 0 Å². The van der Waals surface area contributed by atoms with Crippen LogP contribution in [0.15, 0.2) is 30.3 Å². The van der Waals surface area contributed by atoms with E-state index in [1.807, 2.05) is 19.9 Å². The SMILES string of the molecule is CNC(=O)c1nc(C)c(C)c(N2CC[C@@H](NC(C)c3ccccc3)C2)n1. The van der Waals surface area contributed by atoms with Crippen LogP contribution in [-0.2, 0) is 0 Å². The molecule has 138 valence electrons. The lowest BCUT2D eigenvalue weighted by molar-refractivity contribution is 0.0952. The quantitative estimate of drug-likeness (QED) is 0.864. The van der Waals surface area contributed by atoms with Crippen LogP contribution < -0.4 is 15.5 Å². The maximum Gasteiger partial charge on any atom is 0.288 e. The molecule has 6 nitrogen and oxygen atoms in total. The van der Waals surface area contributed by atoms with Crippen LogP contribution in [0.5, 0.6) is 0 Å². The highest BCUT2D eigenvalue weighted by Gasteiger charge is 2.27. The van der Waals surface area contributed by atoms with Crippen LogP contribution in [0.4, 0.5) is 5.82 Å². The Labute approximate surface area is 155 Å². The summed E-state index contributed by atoms with van der Waals surface area (Å²) in [6, 6.07) is 11.2. The van der Waals surface area contributed by atoms with E-state index in [9.17, 15) is 4.79 Å². The van der Waals surface area contributed by atoms with Crippen LogP contribution in [0.25, 0.3) is 0 Å². The highest BCUT2D eigenvalue weighted by atomic mass is 16.2. The Morgan fingerprint density at radius 3 is 2.65 bits per heavy atom. The second-order valence-corrected chi connectivity index (χ2v) is 6.89. The van der Waals surface area contributed by atoms with Gasteiger partial charge in [0, 0.05) is 43.5 Å². The fourth-order valence-corrected chi connectivity index (χ4v) is 3.42. The zero-order valence-electron chi connectivity index (χ0n) is 15.9. The Kier molecular flexibility index (Phi) is 5.52. The average Bonchev–Trinajstić information content (AvgIpc) is 3.12. The summed E-state index contributed by atoms with van der Waals surface area (Å²) < 4.78 is 0. The van der Waals surface area contributed by atoms with Gasteiger partial charge in [-0.1, -0.05) is 30.3 Å². The Balaban J connectivity index is 1.72. The number of nitrogens with one attached hydrogen (secondary N) is 2. The monoisotopic (exact) mass is 353 g/mol. The van der Waals surface area contributed by atoms with Gasteiger partial charge < -0.3 is 15.5 Å². The van der Waals surface area contributed by atoms with E-state index in [1.165, 1.54) is 5.56 Å². The third kappa shape index (κ3) is 3.85. The first-order chi connectivity index (χ1) is 12.5. The van der Waals surface area contributed by atoms with E-state index in [1.54, 1.807) is 7.05 Å². The molecule has 0 aliphatic carbocycles. The molecule has 0 bridgehead atoms. The number of aromatic nitrogens is 2. The molecule has 6 heteroatoms. The molecule has 2 aromatic rings. The fourth-order valence-electron chi connectivity index (χ4n) is 3.42. The third-order valence-corrected chi connectivity index (χ3v) is 5.07. The summed E-state index contributed by atoms with van der Waals surface area (Å²) in [6.45, 7) is 7.94. The lowest BCUT2D eigenvalue weighted by Crippen LogP contribution is -2.35. The van der Waals surface area contributed by atoms with E-state index < -0.39 is 0 Å². The summed E-state index contributed by atoms with van der Waals surface area (Å²) in [5.74, 6) is 0.855. The third-order valence-electron chi connectivity index (χ3n) is 5.07. The van der Waals surface area contributed by atoms with Crippen LogP contribution in [0.2, 0.25) is 0 Å². The maximum absolute atomic E-state index is 11.9. The van der Waals surface area contributed by atoms with Gasteiger partial charge in [0.2, 0.25) is 5.82 Å². The second-order valence-electron chi connectivity index (χ2n) is 6.89. The van der Waals surface area contributed by atoms with Gasteiger partial charge in [0.25, 0.3) is 5.91 Å². The highest BCUT2D eigenvalue weighted by molar-refractivity contribution is 5.90. The summed E-state index contributed by atoms with van der Waals surface area (Å²) in [5.41, 5.74) is 3.18. The van der Waals surface area contributed by atoms with E-state index in [0.717, 1.165) is 36.6 Å². The average molecular weight is 353 g/mol. The smallest absolute Gasteiger partial charge is 0.288 e. The van der Waals surface area contributed by atoms with Crippen LogP contribution in [0.1, 0.15) is 46.8 Å². The van der Waals surface area contributed by atoms with E-state index in [4.69, 9.17) is 0 Å². The first-order valence-electron chi connectivity index (χ1n) is 9.13. The molecule has 1 unspecified atom stereocenters. The maximum atomic E-state index is 11.9. The standard InChI is InChI=1S/C20H27N5O/c1-13-14(2)23-18(20(26)21-4)24-19(13)25-11-10-17(12-25)22-15(3)16-8-6-5-7-9-16/h5-9,15,17,22H,10-12H2,1-4H3,(H,21,26)/t15?,17-/m1/s1. The number of amides is 1. The minimum absolute atomic E-state index is 0.236. The van der Waals surface area contributed by atoms with Crippen LogP contribution in [0.3, 0.4) is 0 Å². The molecule has 0 saturated carbocycles. The van der Waals surface area contributed by atoms with Crippen LogP contribution in [-0.4, -0.2) is 42.1 Å². The molecular weight excluding hydrogens is 326 g/mol. The van der Waals surface area contributed by atoms with Gasteiger partial charge in [-0.3, -0.25) is 4.79 Å². The summed E-state index contributed by atoms with van der Waals surface area (Å²) in [5, 5.41) is 6.32. The van der Waals surface area contributed by atoms with Crippen molar-refractivity contribution in [3.8, 4) is 0 Å². The van der Waals surface area contributed by atoms with Gasteiger partial charge in [0.15, 0.2) is 0 Å². The van der Waals surface area contributed by atoms with E-state index >= 15 is 0 Å². The van der Waals surface area contributed by atoms with Crippen molar-refractivity contribution in [1.29, 1.82) is 0 Å². The Hall–Kier alpha value is -2.47. The molecule has 1 aromatic carbocycles. The number of benzene rings is 1. The predicted octanol–water partition coefficient (Wildman–Crippen LogP) is 2.38. The summed E-state index contributed by atoms with van der Waals surface area (Å²) in [4.78, 5) is 23.0. The lowest BCUT2D eigenvalue weighted by Gasteiger charge is -2.23. The molecular formula is C20H27N5O. The first-order valence-corrected chi connectivity index (χ1v) is 9.13. The van der Waals surface area contributed by atoms with Crippen molar-refractivity contribution in [2.45, 2.75) is 39.3 Å². The van der Waals surface area contributed by atoms with E-state index in [0.29, 0.717) is 12.1 Å².